The van der Waals surface area contributed by atoms with Crippen LogP contribution in [0.4, 0.5) is 0 Å². The van der Waals surface area contributed by atoms with Crippen molar-refractivity contribution in [2.24, 2.45) is 5.16 Å². The van der Waals surface area contributed by atoms with Crippen LogP contribution >= 0.6 is 0 Å². The Morgan fingerprint density at radius 1 is 0.955 bits per heavy atom. The zero-order valence-electron chi connectivity index (χ0n) is 15.0. The van der Waals surface area contributed by atoms with E-state index in [9.17, 15) is 0 Å². The molecule has 0 amide bonds. The minimum absolute atomic E-state index is 0.611. The van der Waals surface area contributed by atoms with E-state index in [1.807, 2.05) is 30.3 Å². The molecule has 1 rings (SSSR count). The van der Waals surface area contributed by atoms with Crippen LogP contribution in [0.5, 0.6) is 0 Å². The molecule has 1 aromatic rings. The second-order valence-corrected chi connectivity index (χ2v) is 12.2. The van der Waals surface area contributed by atoms with E-state index >= 15 is 0 Å². The molecule has 0 saturated heterocycles. The SMILES string of the molecule is CO/N=C(/C#C[Si](C(C)C)(C(C)C)C(C)C)c1ccccc1. The second kappa shape index (κ2) is 8.19. The minimum Gasteiger partial charge on any atom is -0.398 e. The highest BCUT2D eigenvalue weighted by Gasteiger charge is 2.41. The molecule has 0 radical (unpaired) electrons. The Kier molecular flexibility index (Phi) is 6.89. The number of oxime groups is 1. The van der Waals surface area contributed by atoms with E-state index in [1.165, 1.54) is 0 Å². The molecule has 0 aliphatic carbocycles. The fourth-order valence-electron chi connectivity index (χ4n) is 3.44. The Bertz CT molecular complexity index is 528. The van der Waals surface area contributed by atoms with E-state index in [0.717, 1.165) is 11.3 Å². The quantitative estimate of drug-likeness (QED) is 0.314. The van der Waals surface area contributed by atoms with Gasteiger partial charge in [0.25, 0.3) is 0 Å². The van der Waals surface area contributed by atoms with Gasteiger partial charge in [0.2, 0.25) is 0 Å². The Balaban J connectivity index is 3.33. The third-order valence-electron chi connectivity index (χ3n) is 4.49. The molecule has 0 N–H and O–H groups in total. The summed E-state index contributed by atoms with van der Waals surface area (Å²) in [7, 11) is -0.178. The summed E-state index contributed by atoms with van der Waals surface area (Å²) >= 11 is 0. The minimum atomic E-state index is -1.75. The van der Waals surface area contributed by atoms with Crippen LogP contribution in [0.3, 0.4) is 0 Å². The first-order valence-corrected chi connectivity index (χ1v) is 10.3. The predicted octanol–water partition coefficient (Wildman–Crippen LogP) is 5.26. The molecule has 120 valence electrons. The van der Waals surface area contributed by atoms with Crippen molar-refractivity contribution in [2.45, 2.75) is 58.2 Å². The second-order valence-electron chi connectivity index (χ2n) is 6.64. The van der Waals surface area contributed by atoms with Gasteiger partial charge in [0.1, 0.15) is 15.2 Å². The van der Waals surface area contributed by atoms with Gasteiger partial charge >= 0.3 is 0 Å². The first-order chi connectivity index (χ1) is 10.4. The fraction of sp³-hybridized carbons (Fsp3) is 0.526. The summed E-state index contributed by atoms with van der Waals surface area (Å²) in [5, 5.41) is 4.14. The smallest absolute Gasteiger partial charge is 0.159 e. The highest BCUT2D eigenvalue weighted by Crippen LogP contribution is 2.40. The first-order valence-electron chi connectivity index (χ1n) is 8.06. The van der Waals surface area contributed by atoms with Gasteiger partial charge in [0.05, 0.1) is 0 Å². The maximum atomic E-state index is 5.01. The molecule has 0 aliphatic rings. The van der Waals surface area contributed by atoms with Gasteiger partial charge in [-0.2, -0.15) is 0 Å². The summed E-state index contributed by atoms with van der Waals surface area (Å²) in [5.41, 5.74) is 7.26. The van der Waals surface area contributed by atoms with Gasteiger partial charge in [-0.15, -0.1) is 5.54 Å². The molecule has 0 saturated carbocycles. The fourth-order valence-corrected chi connectivity index (χ4v) is 8.64. The Morgan fingerprint density at radius 3 is 1.86 bits per heavy atom. The molecule has 0 aromatic heterocycles. The van der Waals surface area contributed by atoms with E-state index in [-0.39, 0.29) is 0 Å². The first kappa shape index (κ1) is 18.5. The molecule has 3 heteroatoms. The Labute approximate surface area is 137 Å². The van der Waals surface area contributed by atoms with Crippen LogP contribution in [0.15, 0.2) is 35.5 Å². The van der Waals surface area contributed by atoms with E-state index in [4.69, 9.17) is 4.84 Å². The summed E-state index contributed by atoms with van der Waals surface area (Å²) in [4.78, 5) is 5.01. The third kappa shape index (κ3) is 4.01. The van der Waals surface area contributed by atoms with Crippen molar-refractivity contribution in [3.8, 4) is 11.5 Å². The lowest BCUT2D eigenvalue weighted by atomic mass is 10.1. The molecular formula is C19H29NOSi. The lowest BCUT2D eigenvalue weighted by Gasteiger charge is -2.38. The summed E-state index contributed by atoms with van der Waals surface area (Å²) in [6, 6.07) is 10.0. The van der Waals surface area contributed by atoms with Crippen molar-refractivity contribution in [3.63, 3.8) is 0 Å². The van der Waals surface area contributed by atoms with Gasteiger partial charge < -0.3 is 4.84 Å². The van der Waals surface area contributed by atoms with Crippen molar-refractivity contribution >= 4 is 13.8 Å². The summed E-state index contributed by atoms with van der Waals surface area (Å²) < 4.78 is 0. The van der Waals surface area contributed by atoms with Crippen molar-refractivity contribution in [2.75, 3.05) is 7.11 Å². The number of rotatable bonds is 5. The van der Waals surface area contributed by atoms with Gasteiger partial charge in [-0.1, -0.05) is 77.0 Å². The van der Waals surface area contributed by atoms with Crippen molar-refractivity contribution in [3.05, 3.63) is 35.9 Å². The molecule has 2 nitrogen and oxygen atoms in total. The van der Waals surface area contributed by atoms with Gasteiger partial charge in [-0.05, 0) is 22.5 Å². The van der Waals surface area contributed by atoms with Crippen LogP contribution in [0.25, 0.3) is 0 Å². The molecule has 22 heavy (non-hydrogen) atoms. The maximum Gasteiger partial charge on any atom is 0.159 e. The maximum absolute atomic E-state index is 5.01. The molecule has 0 heterocycles. The predicted molar refractivity (Wildman–Crippen MR) is 98.8 cm³/mol. The van der Waals surface area contributed by atoms with Gasteiger partial charge in [-0.3, -0.25) is 0 Å². The average Bonchev–Trinajstić information content (AvgIpc) is 2.46. The van der Waals surface area contributed by atoms with Crippen LogP contribution in [-0.2, 0) is 4.84 Å². The van der Waals surface area contributed by atoms with Crippen LogP contribution in [0.2, 0.25) is 16.6 Å². The molecule has 0 atom stereocenters. The monoisotopic (exact) mass is 315 g/mol. The third-order valence-corrected chi connectivity index (χ3v) is 10.8. The van der Waals surface area contributed by atoms with Crippen molar-refractivity contribution in [1.29, 1.82) is 0 Å². The molecule has 1 aromatic carbocycles. The molecule has 0 aliphatic heterocycles. The zero-order valence-corrected chi connectivity index (χ0v) is 16.0. The van der Waals surface area contributed by atoms with Crippen molar-refractivity contribution < 1.29 is 4.84 Å². The Hall–Kier alpha value is -1.53. The van der Waals surface area contributed by atoms with Gasteiger partial charge in [-0.25, -0.2) is 0 Å². The topological polar surface area (TPSA) is 21.6 Å². The molecule has 0 bridgehead atoms. The standard InChI is InChI=1S/C19H29NOSi/c1-15(2)22(16(3)4,17(5)6)14-13-19(20-21-7)18-11-9-8-10-12-18/h8-12,15-17H,1-7H3/b20-19-. The van der Waals surface area contributed by atoms with E-state index < -0.39 is 8.07 Å². The van der Waals surface area contributed by atoms with Crippen molar-refractivity contribution in [1.82, 2.24) is 0 Å². The normalized spacial score (nSPS) is 12.5. The Morgan fingerprint density at radius 2 is 1.45 bits per heavy atom. The molecular weight excluding hydrogens is 286 g/mol. The lowest BCUT2D eigenvalue weighted by Crippen LogP contribution is -2.43. The number of nitrogens with zero attached hydrogens (tertiary/aromatic N) is 1. The van der Waals surface area contributed by atoms with Gasteiger partial charge in [0, 0.05) is 5.56 Å². The molecule has 0 spiro atoms. The van der Waals surface area contributed by atoms with E-state index in [1.54, 1.807) is 7.11 Å². The number of hydrogen-bond donors (Lipinski definition) is 0. The van der Waals surface area contributed by atoms with Crippen LogP contribution in [-0.4, -0.2) is 20.9 Å². The average molecular weight is 316 g/mol. The summed E-state index contributed by atoms with van der Waals surface area (Å²) in [6.45, 7) is 13.9. The van der Waals surface area contributed by atoms with Crippen LogP contribution in [0, 0.1) is 11.5 Å². The lowest BCUT2D eigenvalue weighted by molar-refractivity contribution is 0.214. The van der Waals surface area contributed by atoms with Crippen LogP contribution < -0.4 is 0 Å². The van der Waals surface area contributed by atoms with E-state index in [0.29, 0.717) is 16.6 Å². The molecule has 0 fully saturated rings. The summed E-state index contributed by atoms with van der Waals surface area (Å²) in [6.07, 6.45) is 0. The number of benzene rings is 1. The highest BCUT2D eigenvalue weighted by molar-refractivity contribution is 6.90. The van der Waals surface area contributed by atoms with Crippen LogP contribution in [0.1, 0.15) is 47.1 Å². The highest BCUT2D eigenvalue weighted by atomic mass is 28.3. The number of hydrogen-bond acceptors (Lipinski definition) is 2. The zero-order chi connectivity index (χ0) is 16.8. The van der Waals surface area contributed by atoms with Gasteiger partial charge in [0.15, 0.2) is 5.71 Å². The summed E-state index contributed by atoms with van der Waals surface area (Å²) in [5.74, 6) is 3.36. The van der Waals surface area contributed by atoms with E-state index in [2.05, 4.69) is 58.2 Å². The largest absolute Gasteiger partial charge is 0.398 e. The molecule has 0 unspecified atom stereocenters.